The highest BCUT2D eigenvalue weighted by atomic mass is 35.5. The highest BCUT2D eigenvalue weighted by Gasteiger charge is 2.38. The van der Waals surface area contributed by atoms with Gasteiger partial charge in [0.05, 0.1) is 5.69 Å². The molecule has 9 heteroatoms. The molecule has 0 spiro atoms. The highest BCUT2D eigenvalue weighted by molar-refractivity contribution is 6.29. The molecule has 1 aromatic heterocycles. The number of carboxylic acid groups (broad SMARTS) is 1. The number of halogens is 4. The number of hydrogen-bond acceptors (Lipinski definition) is 4. The van der Waals surface area contributed by atoms with Gasteiger partial charge in [0.15, 0.2) is 5.15 Å². The molecule has 0 atom stereocenters. The Morgan fingerprint density at radius 3 is 2.47 bits per heavy atom. The molecule has 0 aliphatic carbocycles. The molecule has 0 unspecified atom stereocenters. The Kier molecular flexibility index (Phi) is 5.49. The minimum atomic E-state index is -5.08. The van der Waals surface area contributed by atoms with Crippen molar-refractivity contribution in [2.75, 3.05) is 13.1 Å². The number of alkyl halides is 3. The van der Waals surface area contributed by atoms with E-state index >= 15 is 0 Å². The first-order valence-electron chi connectivity index (χ1n) is 5.32. The molecule has 106 valence electrons. The summed E-state index contributed by atoms with van der Waals surface area (Å²) in [7, 11) is 0. The summed E-state index contributed by atoms with van der Waals surface area (Å²) in [5.41, 5.74) is 2.32. The first kappa shape index (κ1) is 15.6. The molecule has 0 bridgehead atoms. The van der Waals surface area contributed by atoms with Gasteiger partial charge in [0, 0.05) is 13.0 Å². The SMILES string of the molecule is Clc1cc2c(nn1)CCNCC2.O=C(O)C(F)(F)F. The molecule has 2 rings (SSSR count). The van der Waals surface area contributed by atoms with Crippen molar-refractivity contribution in [1.82, 2.24) is 15.5 Å². The maximum absolute atomic E-state index is 10.6. The van der Waals surface area contributed by atoms with E-state index in [0.29, 0.717) is 5.15 Å². The van der Waals surface area contributed by atoms with Crippen molar-refractivity contribution in [3.8, 4) is 0 Å². The summed E-state index contributed by atoms with van der Waals surface area (Å²) in [6.07, 6.45) is -3.12. The maximum Gasteiger partial charge on any atom is 0.490 e. The monoisotopic (exact) mass is 297 g/mol. The third-order valence-electron chi connectivity index (χ3n) is 2.28. The normalized spacial score (nSPS) is 14.7. The fourth-order valence-electron chi connectivity index (χ4n) is 1.41. The van der Waals surface area contributed by atoms with Crippen LogP contribution >= 0.6 is 11.6 Å². The van der Waals surface area contributed by atoms with Crippen molar-refractivity contribution in [3.05, 3.63) is 22.5 Å². The Morgan fingerprint density at radius 2 is 1.89 bits per heavy atom. The number of aromatic nitrogens is 2. The van der Waals surface area contributed by atoms with Crippen molar-refractivity contribution < 1.29 is 23.1 Å². The van der Waals surface area contributed by atoms with Crippen molar-refractivity contribution in [1.29, 1.82) is 0 Å². The number of carboxylic acids is 1. The van der Waals surface area contributed by atoms with Crippen LogP contribution < -0.4 is 5.32 Å². The summed E-state index contributed by atoms with van der Waals surface area (Å²) in [6.45, 7) is 2.00. The Morgan fingerprint density at radius 1 is 1.32 bits per heavy atom. The largest absolute Gasteiger partial charge is 0.490 e. The van der Waals surface area contributed by atoms with Crippen molar-refractivity contribution in [2.45, 2.75) is 19.0 Å². The molecular weight excluding hydrogens is 287 g/mol. The Bertz CT molecular complexity index is 454. The first-order chi connectivity index (χ1) is 8.80. The number of rotatable bonds is 0. The van der Waals surface area contributed by atoms with Crippen LogP contribution in [-0.4, -0.2) is 40.5 Å². The number of carbonyl (C=O) groups is 1. The molecule has 2 heterocycles. The number of aliphatic carboxylic acids is 1. The second-order valence-corrected chi connectivity index (χ2v) is 4.08. The summed E-state index contributed by atoms with van der Waals surface area (Å²) in [4.78, 5) is 8.90. The summed E-state index contributed by atoms with van der Waals surface area (Å²) < 4.78 is 31.7. The van der Waals surface area contributed by atoms with Gasteiger partial charge in [0.2, 0.25) is 0 Å². The molecule has 0 fully saturated rings. The Balaban J connectivity index is 0.000000224. The van der Waals surface area contributed by atoms with Crippen LogP contribution in [0, 0.1) is 0 Å². The van der Waals surface area contributed by atoms with Gasteiger partial charge in [-0.1, -0.05) is 11.6 Å². The van der Waals surface area contributed by atoms with Crippen LogP contribution in [0.3, 0.4) is 0 Å². The van der Waals surface area contributed by atoms with Crippen LogP contribution in [0.25, 0.3) is 0 Å². The minimum absolute atomic E-state index is 0.496. The molecule has 2 N–H and O–H groups in total. The third kappa shape index (κ3) is 5.39. The molecular formula is C10H11ClF3N3O2. The van der Waals surface area contributed by atoms with E-state index in [2.05, 4.69) is 15.5 Å². The van der Waals surface area contributed by atoms with Crippen molar-refractivity contribution in [3.63, 3.8) is 0 Å². The second-order valence-electron chi connectivity index (χ2n) is 3.69. The van der Waals surface area contributed by atoms with E-state index in [4.69, 9.17) is 21.5 Å². The maximum atomic E-state index is 10.6. The second kappa shape index (κ2) is 6.67. The van der Waals surface area contributed by atoms with E-state index in [9.17, 15) is 13.2 Å². The van der Waals surface area contributed by atoms with Crippen LogP contribution in [0.15, 0.2) is 6.07 Å². The van der Waals surface area contributed by atoms with Gasteiger partial charge in [-0.2, -0.15) is 18.3 Å². The quantitative estimate of drug-likeness (QED) is 0.758. The van der Waals surface area contributed by atoms with Gasteiger partial charge >= 0.3 is 12.1 Å². The van der Waals surface area contributed by atoms with Crippen LogP contribution in [-0.2, 0) is 17.6 Å². The molecule has 0 amide bonds. The van der Waals surface area contributed by atoms with Crippen LogP contribution in [0.5, 0.6) is 0 Å². The predicted octanol–water partition coefficient (Wildman–Crippen LogP) is 1.45. The van der Waals surface area contributed by atoms with Gasteiger partial charge in [-0.25, -0.2) is 4.79 Å². The number of nitrogens with zero attached hydrogens (tertiary/aromatic N) is 2. The van der Waals surface area contributed by atoms with E-state index in [1.165, 1.54) is 5.56 Å². The van der Waals surface area contributed by atoms with Gasteiger partial charge < -0.3 is 10.4 Å². The minimum Gasteiger partial charge on any atom is -0.475 e. The molecule has 0 saturated heterocycles. The zero-order chi connectivity index (χ0) is 14.5. The molecule has 19 heavy (non-hydrogen) atoms. The average Bonchev–Trinajstić information content (AvgIpc) is 2.53. The summed E-state index contributed by atoms with van der Waals surface area (Å²) >= 11 is 5.74. The number of hydrogen-bond donors (Lipinski definition) is 2. The third-order valence-corrected chi connectivity index (χ3v) is 2.47. The van der Waals surface area contributed by atoms with Crippen molar-refractivity contribution in [2.24, 2.45) is 0 Å². The van der Waals surface area contributed by atoms with Gasteiger partial charge in [-0.15, -0.1) is 5.10 Å². The topological polar surface area (TPSA) is 75.1 Å². The fourth-order valence-corrected chi connectivity index (χ4v) is 1.58. The van der Waals surface area contributed by atoms with E-state index < -0.39 is 12.1 Å². The highest BCUT2D eigenvalue weighted by Crippen LogP contribution is 2.13. The lowest BCUT2D eigenvalue weighted by Gasteiger charge is -2.01. The van der Waals surface area contributed by atoms with Crippen LogP contribution in [0.2, 0.25) is 5.15 Å². The zero-order valence-electron chi connectivity index (χ0n) is 9.67. The lowest BCUT2D eigenvalue weighted by molar-refractivity contribution is -0.192. The van der Waals surface area contributed by atoms with E-state index in [0.717, 1.165) is 31.6 Å². The molecule has 1 aromatic rings. The van der Waals surface area contributed by atoms with E-state index in [1.54, 1.807) is 0 Å². The lowest BCUT2D eigenvalue weighted by atomic mass is 10.1. The standard InChI is InChI=1S/C8H10ClN3.C2HF3O2/c9-8-5-6-1-3-10-4-2-7(6)11-12-8;3-2(4,5)1(6)7/h5,10H,1-4H2;(H,6,7). The first-order valence-corrected chi connectivity index (χ1v) is 5.70. The van der Waals surface area contributed by atoms with Crippen LogP contribution in [0.4, 0.5) is 13.2 Å². The average molecular weight is 298 g/mol. The summed E-state index contributed by atoms with van der Waals surface area (Å²) in [6, 6.07) is 1.91. The number of fused-ring (bicyclic) bond motifs is 1. The Labute approximate surface area is 111 Å². The number of nitrogens with one attached hydrogen (secondary N) is 1. The van der Waals surface area contributed by atoms with E-state index in [-0.39, 0.29) is 0 Å². The van der Waals surface area contributed by atoms with Gasteiger partial charge in [-0.05, 0) is 24.6 Å². The molecule has 0 aromatic carbocycles. The molecule has 0 saturated carbocycles. The molecule has 5 nitrogen and oxygen atoms in total. The lowest BCUT2D eigenvalue weighted by Crippen LogP contribution is -2.21. The summed E-state index contributed by atoms with van der Waals surface area (Å²) in [5.74, 6) is -2.76. The molecule has 0 radical (unpaired) electrons. The van der Waals surface area contributed by atoms with Crippen molar-refractivity contribution >= 4 is 17.6 Å². The smallest absolute Gasteiger partial charge is 0.475 e. The predicted molar refractivity (Wildman–Crippen MR) is 61.0 cm³/mol. The van der Waals surface area contributed by atoms with Gasteiger partial charge in [0.25, 0.3) is 0 Å². The van der Waals surface area contributed by atoms with Gasteiger partial charge in [0.1, 0.15) is 0 Å². The fraction of sp³-hybridized carbons (Fsp3) is 0.500. The van der Waals surface area contributed by atoms with Crippen LogP contribution in [0.1, 0.15) is 11.3 Å². The summed E-state index contributed by atoms with van der Waals surface area (Å²) in [5, 5.41) is 18.8. The molecule has 1 aliphatic heterocycles. The molecule has 1 aliphatic rings. The van der Waals surface area contributed by atoms with E-state index in [1.807, 2.05) is 6.07 Å². The zero-order valence-corrected chi connectivity index (χ0v) is 10.4. The van der Waals surface area contributed by atoms with Gasteiger partial charge in [-0.3, -0.25) is 0 Å². The Hall–Kier alpha value is -1.41.